The molecule has 2 aliphatic carbocycles. The van der Waals surface area contributed by atoms with Crippen molar-refractivity contribution in [2.24, 2.45) is 0 Å². The second kappa shape index (κ2) is 11.7. The quantitative estimate of drug-likeness (QED) is 0.227. The first-order valence-corrected chi connectivity index (χ1v) is 16.7. The summed E-state index contributed by atoms with van der Waals surface area (Å²) < 4.78 is 5.98. The Bertz CT molecular complexity index is 1280. The van der Waals surface area contributed by atoms with Crippen molar-refractivity contribution < 1.29 is 4.74 Å². The van der Waals surface area contributed by atoms with E-state index >= 15 is 0 Å². The molecule has 0 N–H and O–H groups in total. The van der Waals surface area contributed by atoms with Gasteiger partial charge < -0.3 is 4.74 Å². The van der Waals surface area contributed by atoms with Crippen LogP contribution in [0.3, 0.4) is 0 Å². The SMILES string of the molecule is CC(C)(C)OCCCCCCS(C)(C1C=Cc2ccccc21)C1C(Cc2ccccc2)=Cc2ccccc21. The molecule has 3 atom stereocenters. The van der Waals surface area contributed by atoms with Crippen LogP contribution in [0.15, 0.2) is 90.5 Å². The fourth-order valence-electron chi connectivity index (χ4n) is 6.29. The lowest BCUT2D eigenvalue weighted by atomic mass is 10.0. The number of rotatable bonds is 11. The molecule has 0 bridgehead atoms. The van der Waals surface area contributed by atoms with Crippen LogP contribution in [0.2, 0.25) is 0 Å². The first-order chi connectivity index (χ1) is 18.4. The first-order valence-electron chi connectivity index (χ1n) is 14.3. The molecule has 2 heteroatoms. The Morgan fingerprint density at radius 2 is 1.39 bits per heavy atom. The lowest BCUT2D eigenvalue weighted by Gasteiger charge is -2.48. The van der Waals surface area contributed by atoms with Crippen molar-refractivity contribution in [1.29, 1.82) is 0 Å². The van der Waals surface area contributed by atoms with Crippen LogP contribution in [0.4, 0.5) is 0 Å². The fraction of sp³-hybridized carbons (Fsp3) is 0.389. The zero-order valence-corrected chi connectivity index (χ0v) is 24.5. The first kappa shape index (κ1) is 27.0. The normalized spacial score (nSPS) is 20.5. The summed E-state index contributed by atoms with van der Waals surface area (Å²) in [5, 5.41) is 0.988. The summed E-state index contributed by atoms with van der Waals surface area (Å²) in [4.78, 5) is 0. The van der Waals surface area contributed by atoms with Gasteiger partial charge in [-0.2, -0.15) is 0 Å². The minimum Gasteiger partial charge on any atom is -0.376 e. The van der Waals surface area contributed by atoms with Gasteiger partial charge in [-0.25, -0.2) is 10.0 Å². The van der Waals surface area contributed by atoms with Crippen LogP contribution in [0.1, 0.15) is 84.8 Å². The molecule has 2 aliphatic rings. The van der Waals surface area contributed by atoms with Gasteiger partial charge in [0.15, 0.2) is 0 Å². The molecule has 0 spiro atoms. The number of hydrogen-bond donors (Lipinski definition) is 0. The number of fused-ring (bicyclic) bond motifs is 2. The Morgan fingerprint density at radius 1 is 0.737 bits per heavy atom. The Labute approximate surface area is 232 Å². The molecule has 3 aromatic carbocycles. The van der Waals surface area contributed by atoms with E-state index < -0.39 is 10.0 Å². The molecule has 3 aromatic rings. The van der Waals surface area contributed by atoms with Gasteiger partial charge in [0.05, 0.1) is 5.60 Å². The van der Waals surface area contributed by atoms with Crippen molar-refractivity contribution in [3.05, 3.63) is 118 Å². The fourth-order valence-corrected chi connectivity index (χ4v) is 10.8. The highest BCUT2D eigenvalue weighted by molar-refractivity contribution is 8.33. The van der Waals surface area contributed by atoms with Crippen LogP contribution in [0, 0.1) is 0 Å². The topological polar surface area (TPSA) is 9.23 Å². The molecule has 0 saturated carbocycles. The Balaban J connectivity index is 1.42. The molecule has 0 aromatic heterocycles. The maximum Gasteiger partial charge on any atom is 0.0598 e. The van der Waals surface area contributed by atoms with Gasteiger partial charge >= 0.3 is 0 Å². The van der Waals surface area contributed by atoms with E-state index in [1.807, 2.05) is 0 Å². The third-order valence-electron chi connectivity index (χ3n) is 8.09. The molecule has 3 unspecified atom stereocenters. The number of benzene rings is 3. The molecule has 0 heterocycles. The van der Waals surface area contributed by atoms with Crippen LogP contribution >= 0.6 is 10.0 Å². The van der Waals surface area contributed by atoms with Crippen LogP contribution < -0.4 is 0 Å². The molecule has 200 valence electrons. The van der Waals surface area contributed by atoms with Gasteiger partial charge in [-0.05, 0) is 85.4 Å². The average Bonchev–Trinajstić information content (AvgIpc) is 3.50. The predicted octanol–water partition coefficient (Wildman–Crippen LogP) is 9.95. The molecule has 38 heavy (non-hydrogen) atoms. The standard InChI is InChI=1S/C36H44OS/c1-36(2,3)37-24-14-5-6-15-25-38(4,34-23-22-29-18-10-12-20-32(29)34)35-31(26-28-16-8-7-9-17-28)27-30-19-11-13-21-33(30)35/h7-13,16-23,27,34-35H,5-6,14-15,24-26H2,1-4H3. The molecule has 0 aliphatic heterocycles. The van der Waals surface area contributed by atoms with E-state index in [0.717, 1.165) is 19.4 Å². The predicted molar refractivity (Wildman–Crippen MR) is 168 cm³/mol. The van der Waals surface area contributed by atoms with Crippen molar-refractivity contribution in [1.82, 2.24) is 0 Å². The summed E-state index contributed by atoms with van der Waals surface area (Å²) >= 11 is 0. The van der Waals surface area contributed by atoms with Gasteiger partial charge in [-0.15, -0.1) is 0 Å². The van der Waals surface area contributed by atoms with E-state index in [0.29, 0.717) is 10.5 Å². The summed E-state index contributed by atoms with van der Waals surface area (Å²) in [7, 11) is -1.09. The molecular formula is C36H44OS. The summed E-state index contributed by atoms with van der Waals surface area (Å²) in [6, 6.07) is 29.4. The van der Waals surface area contributed by atoms with Crippen LogP contribution in [-0.4, -0.2) is 24.2 Å². The lowest BCUT2D eigenvalue weighted by Crippen LogP contribution is -2.21. The van der Waals surface area contributed by atoms with Gasteiger partial charge in [-0.1, -0.05) is 110 Å². The highest BCUT2D eigenvalue weighted by Crippen LogP contribution is 2.73. The van der Waals surface area contributed by atoms with Crippen molar-refractivity contribution in [2.45, 2.75) is 69.0 Å². The van der Waals surface area contributed by atoms with E-state index in [-0.39, 0.29) is 5.60 Å². The Kier molecular flexibility index (Phi) is 8.31. The van der Waals surface area contributed by atoms with E-state index in [2.05, 4.69) is 124 Å². The second-order valence-corrected chi connectivity index (χ2v) is 16.0. The lowest BCUT2D eigenvalue weighted by molar-refractivity contribution is -0.00470. The third kappa shape index (κ3) is 6.03. The molecular weight excluding hydrogens is 480 g/mol. The zero-order valence-electron chi connectivity index (χ0n) is 23.7. The van der Waals surface area contributed by atoms with E-state index in [9.17, 15) is 0 Å². The molecule has 0 fully saturated rings. The van der Waals surface area contributed by atoms with Gasteiger partial charge in [0.1, 0.15) is 0 Å². The maximum atomic E-state index is 5.98. The second-order valence-electron chi connectivity index (χ2n) is 12.1. The van der Waals surface area contributed by atoms with E-state index in [1.165, 1.54) is 47.3 Å². The monoisotopic (exact) mass is 524 g/mol. The highest BCUT2D eigenvalue weighted by atomic mass is 32.3. The van der Waals surface area contributed by atoms with Crippen molar-refractivity contribution in [2.75, 3.05) is 18.6 Å². The number of hydrogen-bond acceptors (Lipinski definition) is 1. The molecule has 0 amide bonds. The van der Waals surface area contributed by atoms with E-state index in [4.69, 9.17) is 4.74 Å². The highest BCUT2D eigenvalue weighted by Gasteiger charge is 2.43. The summed E-state index contributed by atoms with van der Waals surface area (Å²) in [6.45, 7) is 7.31. The molecule has 5 rings (SSSR count). The average molecular weight is 525 g/mol. The Hall–Kier alpha value is -2.55. The van der Waals surface area contributed by atoms with Crippen molar-refractivity contribution in [3.63, 3.8) is 0 Å². The molecule has 0 radical (unpaired) electrons. The van der Waals surface area contributed by atoms with Gasteiger partial charge in [-0.3, -0.25) is 0 Å². The third-order valence-corrected chi connectivity index (χ3v) is 12.5. The van der Waals surface area contributed by atoms with Crippen LogP contribution in [0.25, 0.3) is 12.2 Å². The van der Waals surface area contributed by atoms with Crippen molar-refractivity contribution >= 4 is 22.2 Å². The van der Waals surface area contributed by atoms with Crippen LogP contribution in [0.5, 0.6) is 0 Å². The summed E-state index contributed by atoms with van der Waals surface area (Å²) in [5.41, 5.74) is 8.90. The zero-order chi connectivity index (χ0) is 26.6. The van der Waals surface area contributed by atoms with Gasteiger partial charge in [0, 0.05) is 17.1 Å². The van der Waals surface area contributed by atoms with Crippen molar-refractivity contribution in [3.8, 4) is 0 Å². The molecule has 1 nitrogen and oxygen atoms in total. The van der Waals surface area contributed by atoms with Gasteiger partial charge in [0.2, 0.25) is 0 Å². The summed E-state index contributed by atoms with van der Waals surface area (Å²) in [5.74, 6) is 1.29. The number of ether oxygens (including phenoxy) is 1. The summed E-state index contributed by atoms with van der Waals surface area (Å²) in [6.07, 6.45) is 16.1. The maximum absolute atomic E-state index is 5.98. The van der Waals surface area contributed by atoms with E-state index in [1.54, 1.807) is 11.1 Å². The van der Waals surface area contributed by atoms with Crippen LogP contribution in [-0.2, 0) is 11.2 Å². The molecule has 0 saturated heterocycles. The van der Waals surface area contributed by atoms with Gasteiger partial charge in [0.25, 0.3) is 0 Å². The number of unbranched alkanes of at least 4 members (excludes halogenated alkanes) is 3. The Morgan fingerprint density at radius 3 is 2.16 bits per heavy atom. The smallest absolute Gasteiger partial charge is 0.0598 e. The minimum absolute atomic E-state index is 0.0394. The largest absolute Gasteiger partial charge is 0.376 e. The minimum atomic E-state index is -1.09.